The van der Waals surface area contributed by atoms with Crippen LogP contribution in [0.3, 0.4) is 0 Å². The fourth-order valence-corrected chi connectivity index (χ4v) is 5.04. The van der Waals surface area contributed by atoms with Crippen LogP contribution in [0.15, 0.2) is 102 Å². The van der Waals surface area contributed by atoms with Gasteiger partial charge in [-0.25, -0.2) is 4.68 Å². The second kappa shape index (κ2) is 10.9. The van der Waals surface area contributed by atoms with Crippen LogP contribution in [0, 0.1) is 6.92 Å². The molecular weight excluding hydrogens is 460 g/mol. The molecule has 0 spiro atoms. The van der Waals surface area contributed by atoms with E-state index in [9.17, 15) is 9.59 Å². The first-order chi connectivity index (χ1) is 18.0. The Morgan fingerprint density at radius 3 is 1.89 bits per heavy atom. The largest absolute Gasteiger partial charge is 0.338 e. The Balaban J connectivity index is 1.31. The Morgan fingerprint density at radius 1 is 0.757 bits per heavy atom. The van der Waals surface area contributed by atoms with Crippen molar-refractivity contribution in [2.75, 3.05) is 26.2 Å². The van der Waals surface area contributed by atoms with Gasteiger partial charge in [-0.2, -0.15) is 5.10 Å². The molecular formula is C31H32N4O2. The molecule has 0 saturated carbocycles. The number of nitrogens with zero attached hydrogens (tertiary/aromatic N) is 4. The summed E-state index contributed by atoms with van der Waals surface area (Å²) in [5.74, 6) is -0.0775. The summed E-state index contributed by atoms with van der Waals surface area (Å²) in [6.45, 7) is 6.49. The number of hydrogen-bond acceptors (Lipinski definition) is 4. The molecule has 6 nitrogen and oxygen atoms in total. The number of piperazine rings is 1. The number of rotatable bonds is 6. The van der Waals surface area contributed by atoms with Crippen LogP contribution in [0.2, 0.25) is 0 Å². The predicted molar refractivity (Wildman–Crippen MR) is 146 cm³/mol. The molecule has 2 heterocycles. The monoisotopic (exact) mass is 492 g/mol. The van der Waals surface area contributed by atoms with Gasteiger partial charge in [0.1, 0.15) is 6.04 Å². The molecule has 3 aromatic carbocycles. The fourth-order valence-electron chi connectivity index (χ4n) is 5.04. The molecule has 6 heteroatoms. The Morgan fingerprint density at radius 2 is 1.32 bits per heavy atom. The van der Waals surface area contributed by atoms with Crippen molar-refractivity contribution in [2.45, 2.75) is 25.9 Å². The molecule has 1 amide bonds. The lowest BCUT2D eigenvalue weighted by molar-refractivity contribution is -0.136. The van der Waals surface area contributed by atoms with E-state index >= 15 is 0 Å². The molecule has 1 saturated heterocycles. The van der Waals surface area contributed by atoms with Crippen LogP contribution in [0.25, 0.3) is 11.3 Å². The van der Waals surface area contributed by atoms with Crippen LogP contribution in [-0.2, 0) is 4.79 Å². The summed E-state index contributed by atoms with van der Waals surface area (Å²) in [5, 5.41) is 4.56. The van der Waals surface area contributed by atoms with E-state index in [2.05, 4.69) is 58.5 Å². The zero-order valence-electron chi connectivity index (χ0n) is 21.3. The Kier molecular flexibility index (Phi) is 7.28. The highest BCUT2D eigenvalue weighted by Gasteiger charge is 2.31. The number of carbonyl (C=O) groups is 1. The lowest BCUT2D eigenvalue weighted by atomic mass is 9.96. The summed E-state index contributed by atoms with van der Waals surface area (Å²) in [7, 11) is 0. The first-order valence-corrected chi connectivity index (χ1v) is 12.8. The number of hydrogen-bond donors (Lipinski definition) is 0. The van der Waals surface area contributed by atoms with Gasteiger partial charge in [0.15, 0.2) is 0 Å². The van der Waals surface area contributed by atoms with Crippen LogP contribution < -0.4 is 5.56 Å². The summed E-state index contributed by atoms with van der Waals surface area (Å²) in [5.41, 5.74) is 4.96. The SMILES string of the molecule is Cc1ccc(-c2ccc(=O)n(C(C)C(=O)N3CCN(C(c4ccccc4)c4ccccc4)CC3)n2)cc1. The maximum Gasteiger partial charge on any atom is 0.267 e. The van der Waals surface area contributed by atoms with E-state index in [0.29, 0.717) is 18.8 Å². The van der Waals surface area contributed by atoms with Crippen molar-refractivity contribution < 1.29 is 4.79 Å². The quantitative estimate of drug-likeness (QED) is 0.391. The van der Waals surface area contributed by atoms with Gasteiger partial charge in [-0.3, -0.25) is 14.5 Å². The number of benzene rings is 3. The minimum absolute atomic E-state index is 0.0775. The number of aromatic nitrogens is 2. The normalized spacial score (nSPS) is 15.1. The van der Waals surface area contributed by atoms with E-state index in [4.69, 9.17) is 0 Å². The first-order valence-electron chi connectivity index (χ1n) is 12.8. The molecule has 1 unspecified atom stereocenters. The van der Waals surface area contributed by atoms with Crippen molar-refractivity contribution in [1.82, 2.24) is 19.6 Å². The third kappa shape index (κ3) is 5.39. The second-order valence-corrected chi connectivity index (χ2v) is 9.63. The van der Waals surface area contributed by atoms with Crippen LogP contribution in [0.4, 0.5) is 0 Å². The lowest BCUT2D eigenvalue weighted by Crippen LogP contribution is -2.52. The second-order valence-electron chi connectivity index (χ2n) is 9.63. The van der Waals surface area contributed by atoms with E-state index in [1.165, 1.54) is 21.9 Å². The predicted octanol–water partition coefficient (Wildman–Crippen LogP) is 4.71. The Labute approximate surface area is 217 Å². The molecule has 1 fully saturated rings. The summed E-state index contributed by atoms with van der Waals surface area (Å²) < 4.78 is 1.32. The molecule has 0 aliphatic carbocycles. The van der Waals surface area contributed by atoms with Gasteiger partial charge in [0.05, 0.1) is 11.7 Å². The summed E-state index contributed by atoms with van der Waals surface area (Å²) in [6.07, 6.45) is 0. The molecule has 0 N–H and O–H groups in total. The molecule has 1 aromatic heterocycles. The molecule has 37 heavy (non-hydrogen) atoms. The van der Waals surface area contributed by atoms with Gasteiger partial charge >= 0.3 is 0 Å². The van der Waals surface area contributed by atoms with Crippen molar-refractivity contribution >= 4 is 5.91 Å². The third-order valence-electron chi connectivity index (χ3n) is 7.12. The first kappa shape index (κ1) is 24.7. The average molecular weight is 493 g/mol. The van der Waals surface area contributed by atoms with Gasteiger partial charge in [0, 0.05) is 37.8 Å². The fraction of sp³-hybridized carbons (Fsp3) is 0.258. The van der Waals surface area contributed by atoms with Gasteiger partial charge < -0.3 is 4.90 Å². The van der Waals surface area contributed by atoms with Gasteiger partial charge in [0.2, 0.25) is 5.91 Å². The zero-order chi connectivity index (χ0) is 25.8. The van der Waals surface area contributed by atoms with Crippen molar-refractivity contribution in [3.05, 3.63) is 124 Å². The maximum absolute atomic E-state index is 13.5. The van der Waals surface area contributed by atoms with E-state index in [-0.39, 0.29) is 17.5 Å². The van der Waals surface area contributed by atoms with Crippen molar-refractivity contribution in [3.8, 4) is 11.3 Å². The number of carbonyl (C=O) groups excluding carboxylic acids is 1. The summed E-state index contributed by atoms with van der Waals surface area (Å²) >= 11 is 0. The van der Waals surface area contributed by atoms with Crippen LogP contribution in [0.5, 0.6) is 0 Å². The molecule has 4 aromatic rings. The summed E-state index contributed by atoms with van der Waals surface area (Å²) in [6, 6.07) is 31.7. The minimum Gasteiger partial charge on any atom is -0.338 e. The van der Waals surface area contributed by atoms with Crippen molar-refractivity contribution in [2.24, 2.45) is 0 Å². The van der Waals surface area contributed by atoms with Crippen molar-refractivity contribution in [1.29, 1.82) is 0 Å². The minimum atomic E-state index is -0.677. The highest BCUT2D eigenvalue weighted by molar-refractivity contribution is 5.80. The van der Waals surface area contributed by atoms with E-state index in [1.54, 1.807) is 13.0 Å². The number of amides is 1. The molecule has 1 aliphatic heterocycles. The molecule has 0 bridgehead atoms. The van der Waals surface area contributed by atoms with E-state index in [0.717, 1.165) is 24.2 Å². The average Bonchev–Trinajstić information content (AvgIpc) is 2.95. The van der Waals surface area contributed by atoms with E-state index in [1.807, 2.05) is 48.2 Å². The molecule has 1 atom stereocenters. The van der Waals surface area contributed by atoms with Gasteiger partial charge in [-0.1, -0.05) is 90.5 Å². The van der Waals surface area contributed by atoms with E-state index < -0.39 is 6.04 Å². The van der Waals surface area contributed by atoms with Crippen molar-refractivity contribution in [3.63, 3.8) is 0 Å². The zero-order valence-corrected chi connectivity index (χ0v) is 21.3. The summed E-state index contributed by atoms with van der Waals surface area (Å²) in [4.78, 5) is 30.4. The smallest absolute Gasteiger partial charge is 0.267 e. The van der Waals surface area contributed by atoms with Gasteiger partial charge in [-0.05, 0) is 31.0 Å². The van der Waals surface area contributed by atoms with Crippen LogP contribution in [-0.4, -0.2) is 51.7 Å². The highest BCUT2D eigenvalue weighted by Crippen LogP contribution is 2.29. The maximum atomic E-state index is 13.5. The van der Waals surface area contributed by atoms with Crippen LogP contribution >= 0.6 is 0 Å². The Bertz CT molecular complexity index is 1350. The molecule has 0 radical (unpaired) electrons. The third-order valence-corrected chi connectivity index (χ3v) is 7.12. The topological polar surface area (TPSA) is 58.4 Å². The lowest BCUT2D eigenvalue weighted by Gasteiger charge is -2.40. The molecule has 1 aliphatic rings. The Hall–Kier alpha value is -4.03. The molecule has 188 valence electrons. The number of aryl methyl sites for hydroxylation is 1. The standard InChI is InChI=1S/C31H32N4O2/c1-23-13-15-25(16-14-23)28-17-18-29(36)35(32-28)24(2)31(37)34-21-19-33(20-22-34)30(26-9-5-3-6-10-26)27-11-7-4-8-12-27/h3-18,24,30H,19-22H2,1-2H3. The van der Waals surface area contributed by atoms with Gasteiger partial charge in [-0.15, -0.1) is 0 Å². The van der Waals surface area contributed by atoms with Crippen LogP contribution in [0.1, 0.15) is 35.7 Å². The van der Waals surface area contributed by atoms with Gasteiger partial charge in [0.25, 0.3) is 5.56 Å². The highest BCUT2D eigenvalue weighted by atomic mass is 16.2. The molecule has 5 rings (SSSR count).